The van der Waals surface area contributed by atoms with Crippen molar-refractivity contribution >= 4 is 69.5 Å². The number of nitrogens with zero attached hydrogens (tertiary/aromatic N) is 3. The van der Waals surface area contributed by atoms with Gasteiger partial charge >= 0.3 is 0 Å². The third kappa shape index (κ3) is 14.1. The molecule has 0 radical (unpaired) electrons. The molecule has 1 fully saturated rings. The number of benzene rings is 1. The van der Waals surface area contributed by atoms with Crippen molar-refractivity contribution in [3.8, 4) is 0 Å². The highest BCUT2D eigenvalue weighted by molar-refractivity contribution is 8.13. The van der Waals surface area contributed by atoms with Crippen molar-refractivity contribution in [1.82, 2.24) is 41.8 Å². The highest BCUT2D eigenvalue weighted by atomic mass is 32.2. The van der Waals surface area contributed by atoms with Gasteiger partial charge in [0.15, 0.2) is 5.12 Å². The molecule has 8 atom stereocenters. The van der Waals surface area contributed by atoms with Crippen LogP contribution < -0.4 is 31.9 Å². The molecular formula is C45H67N9O7S2. The predicted molar refractivity (Wildman–Crippen MR) is 247 cm³/mol. The first-order valence-corrected chi connectivity index (χ1v) is 23.5. The summed E-state index contributed by atoms with van der Waals surface area (Å²) in [7, 11) is 0. The molecule has 1 unspecified atom stereocenters. The minimum absolute atomic E-state index is 0.0760. The summed E-state index contributed by atoms with van der Waals surface area (Å²) in [6, 6.07) is 3.77. The SMILES string of the molecule is CC(=O)NCCSC(=O)C[C@H](NC(=O)[C@@H](NC(=O)[C@@H](NC1=NCC(=O)N2CC[C@@H](C)[C@H]2C(=O)N[C@@H](C(C)C)C(=O)N[C@H]1C(C)(C)C)C(C)(C)C)C(C)c1ccccc1)c1nccs1. The van der Waals surface area contributed by atoms with E-state index in [1.54, 1.807) is 11.6 Å². The number of aliphatic imine (C=N–C) groups is 1. The number of amides is 6. The number of hydrogen-bond acceptors (Lipinski definition) is 12. The van der Waals surface area contributed by atoms with Crippen LogP contribution in [-0.2, 0) is 33.6 Å². The zero-order valence-corrected chi connectivity index (χ0v) is 40.1. The van der Waals surface area contributed by atoms with E-state index < -0.39 is 70.7 Å². The largest absolute Gasteiger partial charge is 0.360 e. The lowest BCUT2D eigenvalue weighted by Crippen LogP contribution is -2.65. The van der Waals surface area contributed by atoms with E-state index in [-0.39, 0.29) is 53.5 Å². The maximum Gasteiger partial charge on any atom is 0.244 e. The second kappa shape index (κ2) is 22.2. The van der Waals surface area contributed by atoms with Crippen molar-refractivity contribution in [2.45, 2.75) is 131 Å². The molecule has 2 aliphatic rings. The zero-order chi connectivity index (χ0) is 46.8. The first-order valence-electron chi connectivity index (χ1n) is 21.7. The topological polar surface area (TPSA) is 220 Å². The fourth-order valence-corrected chi connectivity index (χ4v) is 9.11. The van der Waals surface area contributed by atoms with Gasteiger partial charge in [0.1, 0.15) is 41.6 Å². The molecule has 0 spiro atoms. The van der Waals surface area contributed by atoms with Gasteiger partial charge in [-0.1, -0.05) is 111 Å². The molecular weight excluding hydrogens is 843 g/mol. The Bertz CT molecular complexity index is 1960. The summed E-state index contributed by atoms with van der Waals surface area (Å²) >= 11 is 2.34. The number of carbonyl (C=O) groups is 7. The number of carbonyl (C=O) groups excluding carboxylic acids is 7. The molecule has 2 aromatic rings. The smallest absolute Gasteiger partial charge is 0.244 e. The fraction of sp³-hybridized carbons (Fsp3) is 0.622. The monoisotopic (exact) mass is 909 g/mol. The normalized spacial score (nSPS) is 21.9. The lowest BCUT2D eigenvalue weighted by molar-refractivity contribution is -0.140. The maximum atomic E-state index is 14.9. The van der Waals surface area contributed by atoms with Crippen LogP contribution in [0.3, 0.4) is 0 Å². The van der Waals surface area contributed by atoms with Crippen molar-refractivity contribution in [3.63, 3.8) is 0 Å². The number of thioether (sulfide) groups is 1. The Hall–Kier alpha value is -4.84. The average molecular weight is 910 g/mol. The highest BCUT2D eigenvalue weighted by Crippen LogP contribution is 2.29. The molecule has 18 heteroatoms. The second-order valence-corrected chi connectivity index (χ2v) is 21.1. The Balaban J connectivity index is 1.72. The Morgan fingerprint density at radius 1 is 0.952 bits per heavy atom. The highest BCUT2D eigenvalue weighted by Gasteiger charge is 2.44. The van der Waals surface area contributed by atoms with E-state index in [1.807, 2.05) is 99.6 Å². The second-order valence-electron chi connectivity index (χ2n) is 19.0. The Morgan fingerprint density at radius 3 is 2.22 bits per heavy atom. The first-order chi connectivity index (χ1) is 29.5. The van der Waals surface area contributed by atoms with E-state index in [1.165, 1.54) is 23.2 Å². The number of thiazole rings is 1. The minimum Gasteiger partial charge on any atom is -0.360 e. The zero-order valence-electron chi connectivity index (χ0n) is 38.5. The average Bonchev–Trinajstić information content (AvgIpc) is 3.88. The van der Waals surface area contributed by atoms with E-state index in [0.717, 1.165) is 17.3 Å². The molecule has 0 saturated carbocycles. The van der Waals surface area contributed by atoms with Crippen molar-refractivity contribution in [1.29, 1.82) is 0 Å². The van der Waals surface area contributed by atoms with Gasteiger partial charge in [-0.05, 0) is 34.7 Å². The molecule has 1 aromatic heterocycles. The summed E-state index contributed by atoms with van der Waals surface area (Å²) in [4.78, 5) is 107. The van der Waals surface area contributed by atoms with Crippen LogP contribution in [-0.4, -0.2) is 112 Å². The fourth-order valence-electron chi connectivity index (χ4n) is 7.70. The molecule has 4 rings (SSSR count). The number of aromatic nitrogens is 1. The predicted octanol–water partition coefficient (Wildman–Crippen LogP) is 3.70. The summed E-state index contributed by atoms with van der Waals surface area (Å²) in [5.74, 6) is -2.86. The molecule has 1 aromatic carbocycles. The molecule has 2 aliphatic heterocycles. The van der Waals surface area contributed by atoms with Crippen molar-refractivity contribution in [3.05, 3.63) is 52.5 Å². The Morgan fingerprint density at radius 2 is 1.63 bits per heavy atom. The summed E-state index contributed by atoms with van der Waals surface area (Å²) in [5.41, 5.74) is -0.746. The van der Waals surface area contributed by atoms with Gasteiger partial charge < -0.3 is 36.8 Å². The maximum absolute atomic E-state index is 14.9. The molecule has 346 valence electrons. The summed E-state index contributed by atoms with van der Waals surface area (Å²) in [5, 5.41) is 20.2. The van der Waals surface area contributed by atoms with Crippen LogP contribution in [0, 0.1) is 22.7 Å². The quantitative estimate of drug-likeness (QED) is 0.151. The van der Waals surface area contributed by atoms with Crippen molar-refractivity contribution in [2.75, 3.05) is 25.4 Å². The van der Waals surface area contributed by atoms with Crippen LogP contribution in [0.2, 0.25) is 0 Å². The Labute approximate surface area is 380 Å². The molecule has 0 aliphatic carbocycles. The van der Waals surface area contributed by atoms with Gasteiger partial charge in [0.05, 0.1) is 12.1 Å². The van der Waals surface area contributed by atoms with Gasteiger partial charge in [-0.2, -0.15) is 0 Å². The van der Waals surface area contributed by atoms with Crippen LogP contribution in [0.25, 0.3) is 0 Å². The number of rotatable bonds is 14. The Kier molecular flexibility index (Phi) is 17.9. The van der Waals surface area contributed by atoms with E-state index >= 15 is 0 Å². The first kappa shape index (κ1) is 50.8. The van der Waals surface area contributed by atoms with E-state index in [0.29, 0.717) is 30.3 Å². The lowest BCUT2D eigenvalue weighted by atomic mass is 9.82. The number of hydrogen-bond donors (Lipinski definition) is 6. The van der Waals surface area contributed by atoms with E-state index in [4.69, 9.17) is 4.99 Å². The van der Waals surface area contributed by atoms with Gasteiger partial charge in [-0.15, -0.1) is 11.3 Å². The molecule has 1 saturated heterocycles. The van der Waals surface area contributed by atoms with Gasteiger partial charge in [0, 0.05) is 49.7 Å². The van der Waals surface area contributed by atoms with Crippen molar-refractivity contribution in [2.24, 2.45) is 27.7 Å². The van der Waals surface area contributed by atoms with Crippen molar-refractivity contribution < 1.29 is 33.6 Å². The molecule has 6 amide bonds. The third-order valence-corrected chi connectivity index (χ3v) is 13.1. The number of amidine groups is 1. The molecule has 3 heterocycles. The summed E-state index contributed by atoms with van der Waals surface area (Å²) in [6.45, 7) is 20.5. The van der Waals surface area contributed by atoms with E-state index in [2.05, 4.69) is 36.9 Å². The molecule has 16 nitrogen and oxygen atoms in total. The standard InChI is InChI=1S/C45H67N9O7S2/c1-25(2)33-39(58)53-36(44(6,7)8)38(48-24-31(56)54-20-17-26(3)35(54)41(60)50-33)52-37(45(9,10)11)42(61)51-34(27(4)29-15-13-12-14-16-29)40(59)49-30(43-47-19-22-63-43)23-32(57)62-21-18-46-28(5)55/h12-16,19,22,25-27,30,33-37H,17-18,20-21,23-24H2,1-11H3,(H,46,55)(H,48,52)(H,49,59)(H,50,60)(H,51,61)(H,53,58)/t26-,27?,30+,33+,34+,35+,36-,37-/m1/s1. The van der Waals surface area contributed by atoms with Crippen LogP contribution in [0.4, 0.5) is 0 Å². The number of fused-ring (bicyclic) bond motifs is 1. The summed E-state index contributed by atoms with van der Waals surface area (Å²) < 4.78 is 0. The van der Waals surface area contributed by atoms with Gasteiger partial charge in [-0.25, -0.2) is 4.98 Å². The minimum atomic E-state index is -1.14. The summed E-state index contributed by atoms with van der Waals surface area (Å²) in [6.07, 6.45) is 2.13. The number of nitrogens with one attached hydrogen (secondary N) is 6. The molecule has 6 N–H and O–H groups in total. The molecule has 0 bridgehead atoms. The third-order valence-electron chi connectivity index (χ3n) is 11.3. The molecule has 63 heavy (non-hydrogen) atoms. The van der Waals surface area contributed by atoms with Crippen LogP contribution in [0.5, 0.6) is 0 Å². The van der Waals surface area contributed by atoms with Gasteiger partial charge in [-0.3, -0.25) is 38.6 Å². The van der Waals surface area contributed by atoms with Gasteiger partial charge in [0.25, 0.3) is 0 Å². The van der Waals surface area contributed by atoms with Crippen LogP contribution >= 0.6 is 23.1 Å². The van der Waals surface area contributed by atoms with Crippen LogP contribution in [0.1, 0.15) is 112 Å². The van der Waals surface area contributed by atoms with Gasteiger partial charge in [0.2, 0.25) is 35.4 Å². The lowest BCUT2D eigenvalue weighted by Gasteiger charge is -2.39. The van der Waals surface area contributed by atoms with Crippen LogP contribution in [0.15, 0.2) is 46.9 Å². The van der Waals surface area contributed by atoms with E-state index in [9.17, 15) is 33.6 Å².